The molecule has 0 atom stereocenters. The number of hydrogen-bond acceptors (Lipinski definition) is 4. The lowest BCUT2D eigenvalue weighted by Crippen LogP contribution is -2.17. The molecule has 310 valence electrons. The van der Waals surface area contributed by atoms with Crippen LogP contribution in [0.15, 0.2) is 205 Å². The molecule has 11 aromatic rings. The summed E-state index contributed by atoms with van der Waals surface area (Å²) >= 11 is 1.88. The summed E-state index contributed by atoms with van der Waals surface area (Å²) in [4.78, 5) is 4.92. The third-order valence-electron chi connectivity index (χ3n) is 13.9. The molecule has 0 fully saturated rings. The first-order valence-corrected chi connectivity index (χ1v) is 23.5. The van der Waals surface area contributed by atoms with E-state index in [2.05, 4.69) is 230 Å². The van der Waals surface area contributed by atoms with Gasteiger partial charge in [-0.15, -0.1) is 11.3 Å². The predicted molar refractivity (Wildman–Crippen MR) is 276 cm³/mol. The normalized spacial score (nSPS) is 13.6. The monoisotopic (exact) mass is 852 g/mol. The van der Waals surface area contributed by atoms with Gasteiger partial charge in [-0.1, -0.05) is 147 Å². The fourth-order valence-corrected chi connectivity index (χ4v) is 12.0. The molecule has 0 spiro atoms. The van der Waals surface area contributed by atoms with Crippen molar-refractivity contribution in [1.29, 1.82) is 0 Å². The minimum Gasteiger partial charge on any atom is -0.456 e. The second kappa shape index (κ2) is 14.7. The number of anilines is 6. The largest absolute Gasteiger partial charge is 0.456 e. The zero-order valence-electron chi connectivity index (χ0n) is 36.3. The molecule has 2 aliphatic carbocycles. The number of hydrogen-bond donors (Lipinski definition) is 0. The first kappa shape index (κ1) is 37.9. The lowest BCUT2D eigenvalue weighted by Gasteiger charge is -2.31. The fourth-order valence-electron chi connectivity index (χ4n) is 10.8. The number of fused-ring (bicyclic) bond motifs is 12. The van der Waals surface area contributed by atoms with Crippen LogP contribution in [-0.2, 0) is 11.8 Å². The summed E-state index contributed by atoms with van der Waals surface area (Å²) in [5, 5.41) is 6.02. The van der Waals surface area contributed by atoms with Crippen LogP contribution in [0.4, 0.5) is 34.1 Å². The van der Waals surface area contributed by atoms with Crippen molar-refractivity contribution in [3.63, 3.8) is 0 Å². The van der Waals surface area contributed by atoms with Crippen molar-refractivity contribution in [2.24, 2.45) is 0 Å². The third-order valence-corrected chi connectivity index (χ3v) is 15.1. The molecule has 0 bridgehead atoms. The van der Waals surface area contributed by atoms with Crippen molar-refractivity contribution in [2.45, 2.75) is 32.1 Å². The summed E-state index contributed by atoms with van der Waals surface area (Å²) in [5.74, 6) is 0.989. The molecule has 13 rings (SSSR count). The van der Waals surface area contributed by atoms with Crippen LogP contribution in [0.1, 0.15) is 42.7 Å². The van der Waals surface area contributed by atoms with Gasteiger partial charge in [0.15, 0.2) is 0 Å². The van der Waals surface area contributed by atoms with Gasteiger partial charge in [0.1, 0.15) is 11.3 Å². The van der Waals surface area contributed by atoms with Crippen LogP contribution in [0.25, 0.3) is 70.2 Å². The molecule has 0 radical (unpaired) electrons. The fraction of sp³-hybridized carbons (Fsp3) is 0.0820. The Balaban J connectivity index is 1.12. The third kappa shape index (κ3) is 5.94. The Morgan fingerprint density at radius 1 is 0.508 bits per heavy atom. The van der Waals surface area contributed by atoms with Crippen LogP contribution < -0.4 is 9.80 Å². The quantitative estimate of drug-likeness (QED) is 0.159. The topological polar surface area (TPSA) is 19.6 Å². The van der Waals surface area contributed by atoms with Gasteiger partial charge >= 0.3 is 0 Å². The minimum atomic E-state index is -0.156. The standard InChI is InChI=1S/C61H44N2OS/c1-61(2)52-24-14-12-22-47(52)48-34-32-45(37-53(48)61)63(43-20-10-5-11-21-43)54-38-46(62(42-18-8-4-9-19-42)44-30-26-40(27-31-44)39-16-6-3-7-17-39)36-51-58-56(65-60(51)54)35-29-41-28-33-50-49-23-13-15-25-55(49)64-59(50)57(41)58/h3-12,14-22,24-38H,13,23H2,1-2H3. The van der Waals surface area contributed by atoms with Crippen molar-refractivity contribution in [2.75, 3.05) is 9.80 Å². The van der Waals surface area contributed by atoms with Crippen molar-refractivity contribution in [3.8, 4) is 22.3 Å². The van der Waals surface area contributed by atoms with Gasteiger partial charge in [0.2, 0.25) is 0 Å². The molecule has 2 aliphatic rings. The molecule has 0 amide bonds. The highest BCUT2D eigenvalue weighted by Gasteiger charge is 2.36. The van der Waals surface area contributed by atoms with Gasteiger partial charge in [0.05, 0.1) is 10.4 Å². The first-order chi connectivity index (χ1) is 32.0. The van der Waals surface area contributed by atoms with Crippen molar-refractivity contribution in [1.82, 2.24) is 0 Å². The van der Waals surface area contributed by atoms with E-state index in [1.54, 1.807) is 0 Å². The van der Waals surface area contributed by atoms with Crippen LogP contribution >= 0.6 is 11.3 Å². The van der Waals surface area contributed by atoms with Gasteiger partial charge in [-0.05, 0) is 124 Å². The van der Waals surface area contributed by atoms with Crippen molar-refractivity contribution < 1.29 is 4.42 Å². The van der Waals surface area contributed by atoms with Crippen molar-refractivity contribution in [3.05, 3.63) is 223 Å². The predicted octanol–water partition coefficient (Wildman–Crippen LogP) is 17.8. The molecular formula is C61H44N2OS. The Bertz CT molecular complexity index is 3680. The minimum absolute atomic E-state index is 0.156. The van der Waals surface area contributed by atoms with Crippen LogP contribution in [-0.4, -0.2) is 0 Å². The number of rotatable bonds is 7. The van der Waals surface area contributed by atoms with E-state index in [1.165, 1.54) is 75.3 Å². The van der Waals surface area contributed by atoms with E-state index in [9.17, 15) is 0 Å². The van der Waals surface area contributed by atoms with E-state index in [1.807, 2.05) is 11.3 Å². The van der Waals surface area contributed by atoms with E-state index < -0.39 is 0 Å². The van der Waals surface area contributed by atoms with Gasteiger partial charge in [0, 0.05) is 65.7 Å². The number of aryl methyl sites for hydroxylation is 1. The summed E-state index contributed by atoms with van der Waals surface area (Å²) < 4.78 is 9.36. The molecule has 4 heteroatoms. The second-order valence-electron chi connectivity index (χ2n) is 18.0. The Labute approximate surface area is 382 Å². The highest BCUT2D eigenvalue weighted by Crippen LogP contribution is 2.54. The summed E-state index contributed by atoms with van der Waals surface area (Å²) in [6.07, 6.45) is 6.42. The summed E-state index contributed by atoms with van der Waals surface area (Å²) in [6.45, 7) is 4.74. The maximum Gasteiger partial charge on any atom is 0.143 e. The van der Waals surface area contributed by atoms with Gasteiger partial charge in [-0.2, -0.15) is 0 Å². The average molecular weight is 853 g/mol. The van der Waals surface area contributed by atoms with Crippen LogP contribution in [0.3, 0.4) is 0 Å². The number of nitrogens with zero attached hydrogens (tertiary/aromatic N) is 2. The summed E-state index contributed by atoms with van der Waals surface area (Å²) in [5.41, 5.74) is 16.5. The van der Waals surface area contributed by atoms with Gasteiger partial charge in [-0.25, -0.2) is 0 Å². The number of para-hydroxylation sites is 2. The van der Waals surface area contributed by atoms with Gasteiger partial charge in [-0.3, -0.25) is 0 Å². The smallest absolute Gasteiger partial charge is 0.143 e. The molecule has 65 heavy (non-hydrogen) atoms. The number of benzene rings is 9. The molecule has 0 unspecified atom stereocenters. The zero-order valence-corrected chi connectivity index (χ0v) is 37.1. The van der Waals surface area contributed by atoms with Crippen LogP contribution in [0.5, 0.6) is 0 Å². The molecule has 3 nitrogen and oxygen atoms in total. The zero-order chi connectivity index (χ0) is 43.2. The number of allylic oxidation sites excluding steroid dienone is 1. The Morgan fingerprint density at radius 2 is 1.15 bits per heavy atom. The highest BCUT2D eigenvalue weighted by molar-refractivity contribution is 7.26. The maximum absolute atomic E-state index is 6.90. The maximum atomic E-state index is 6.90. The Kier molecular flexibility index (Phi) is 8.56. The van der Waals surface area contributed by atoms with E-state index in [4.69, 9.17) is 4.42 Å². The van der Waals surface area contributed by atoms with E-state index in [-0.39, 0.29) is 5.41 Å². The molecule has 2 aromatic heterocycles. The van der Waals surface area contributed by atoms with E-state index >= 15 is 0 Å². The summed E-state index contributed by atoms with van der Waals surface area (Å²) in [6, 6.07) is 71.4. The second-order valence-corrected chi connectivity index (χ2v) is 19.0. The lowest BCUT2D eigenvalue weighted by atomic mass is 9.82. The molecule has 0 saturated heterocycles. The SMILES string of the molecule is CC1(C)c2ccccc2-c2ccc(N(c3ccccc3)c3cc(N(c4ccccc4)c4ccc(-c5ccccc5)cc4)cc4c3sc3ccc5ccc6c7c(oc6c5c34)C=CCC7)cc21. The Morgan fingerprint density at radius 3 is 1.94 bits per heavy atom. The molecule has 9 aromatic carbocycles. The highest BCUT2D eigenvalue weighted by atomic mass is 32.1. The van der Waals surface area contributed by atoms with Crippen LogP contribution in [0, 0.1) is 0 Å². The molecular weight excluding hydrogens is 809 g/mol. The van der Waals surface area contributed by atoms with E-state index in [0.29, 0.717) is 0 Å². The van der Waals surface area contributed by atoms with Crippen molar-refractivity contribution >= 4 is 93.5 Å². The first-order valence-electron chi connectivity index (χ1n) is 22.6. The average Bonchev–Trinajstić information content (AvgIpc) is 4.01. The molecule has 0 saturated carbocycles. The molecule has 2 heterocycles. The number of furan rings is 1. The lowest BCUT2D eigenvalue weighted by molar-refractivity contribution is 0.598. The van der Waals surface area contributed by atoms with Gasteiger partial charge < -0.3 is 14.2 Å². The van der Waals surface area contributed by atoms with Gasteiger partial charge in [0.25, 0.3) is 0 Å². The Hall–Kier alpha value is -7.66. The van der Waals surface area contributed by atoms with Crippen LogP contribution in [0.2, 0.25) is 0 Å². The number of thiophene rings is 1. The van der Waals surface area contributed by atoms with E-state index in [0.717, 1.165) is 58.3 Å². The molecule has 0 aliphatic heterocycles. The molecule has 0 N–H and O–H groups in total. The summed E-state index contributed by atoms with van der Waals surface area (Å²) in [7, 11) is 0.